The van der Waals surface area contributed by atoms with Gasteiger partial charge in [0.25, 0.3) is 5.91 Å². The van der Waals surface area contributed by atoms with Crippen molar-refractivity contribution < 1.29 is 13.6 Å². The van der Waals surface area contributed by atoms with Gasteiger partial charge in [-0.05, 0) is 36.7 Å². The fourth-order valence-corrected chi connectivity index (χ4v) is 3.36. The SMILES string of the molecule is C[C@H](NC(=O)c1cc(Cl)cc(C(F)(F)Cl)c1)c1ncnn1-c1ncc(C#N)s1. The quantitative estimate of drug-likeness (QED) is 0.601. The molecule has 0 unspecified atom stereocenters. The van der Waals surface area contributed by atoms with E-state index in [4.69, 9.17) is 28.5 Å². The number of hydrogen-bond donors (Lipinski definition) is 1. The number of halogens is 4. The molecule has 3 rings (SSSR count). The van der Waals surface area contributed by atoms with Gasteiger partial charge in [-0.3, -0.25) is 4.79 Å². The van der Waals surface area contributed by atoms with Crippen molar-refractivity contribution >= 4 is 40.4 Å². The van der Waals surface area contributed by atoms with Gasteiger partial charge in [-0.2, -0.15) is 23.8 Å². The first-order valence-corrected chi connectivity index (χ1v) is 9.21. The highest BCUT2D eigenvalue weighted by molar-refractivity contribution is 7.14. The van der Waals surface area contributed by atoms with Gasteiger partial charge in [0.2, 0.25) is 5.13 Å². The molecule has 0 aliphatic heterocycles. The van der Waals surface area contributed by atoms with E-state index in [1.54, 1.807) is 6.92 Å². The van der Waals surface area contributed by atoms with Gasteiger partial charge in [-0.25, -0.2) is 9.97 Å². The Morgan fingerprint density at radius 3 is 2.79 bits per heavy atom. The topological polar surface area (TPSA) is 96.5 Å². The number of alkyl halides is 3. The molecular weight excluding hydrogens is 433 g/mol. The maximum atomic E-state index is 13.4. The number of carbonyl (C=O) groups excluding carboxylic acids is 1. The van der Waals surface area contributed by atoms with Crippen LogP contribution in [0.5, 0.6) is 0 Å². The third-order valence-electron chi connectivity index (χ3n) is 3.58. The summed E-state index contributed by atoms with van der Waals surface area (Å²) in [7, 11) is 0. The summed E-state index contributed by atoms with van der Waals surface area (Å²) in [6.07, 6.45) is 2.67. The molecule has 0 saturated heterocycles. The zero-order valence-electron chi connectivity index (χ0n) is 14.0. The Morgan fingerprint density at radius 2 is 2.14 bits per heavy atom. The number of hydrogen-bond acceptors (Lipinski definition) is 6. The molecule has 1 N–H and O–H groups in total. The lowest BCUT2D eigenvalue weighted by atomic mass is 10.1. The van der Waals surface area contributed by atoms with Crippen LogP contribution in [-0.2, 0) is 5.38 Å². The molecule has 0 spiro atoms. The Labute approximate surface area is 171 Å². The van der Waals surface area contributed by atoms with E-state index in [0.29, 0.717) is 15.8 Å². The number of rotatable bonds is 5. The molecule has 2 heterocycles. The predicted octanol–water partition coefficient (Wildman–Crippen LogP) is 4.03. The van der Waals surface area contributed by atoms with Crippen LogP contribution < -0.4 is 5.32 Å². The average Bonchev–Trinajstić information content (AvgIpc) is 3.29. The Morgan fingerprint density at radius 1 is 1.39 bits per heavy atom. The Balaban J connectivity index is 1.84. The standard InChI is InChI=1S/C16H10Cl2F2N6OS/c1-8(13-23-7-24-26(13)15-22-6-12(5-21)28-15)25-14(27)9-2-10(16(18,19)20)4-11(17)3-9/h2-4,6-8H,1H3,(H,25,27)/t8-/m0/s1. The van der Waals surface area contributed by atoms with Crippen molar-refractivity contribution in [1.29, 1.82) is 5.26 Å². The summed E-state index contributed by atoms with van der Waals surface area (Å²) in [5, 5.41) is 12.3. The van der Waals surface area contributed by atoms with Gasteiger partial charge < -0.3 is 5.32 Å². The fourth-order valence-electron chi connectivity index (χ4n) is 2.34. The number of amides is 1. The van der Waals surface area contributed by atoms with E-state index >= 15 is 0 Å². The minimum Gasteiger partial charge on any atom is -0.342 e. The fraction of sp³-hybridized carbons (Fsp3) is 0.188. The van der Waals surface area contributed by atoms with Crippen LogP contribution in [0, 0.1) is 11.3 Å². The molecule has 0 saturated carbocycles. The van der Waals surface area contributed by atoms with Gasteiger partial charge >= 0.3 is 5.38 Å². The summed E-state index contributed by atoms with van der Waals surface area (Å²) in [6, 6.07) is 4.53. The molecule has 1 aromatic carbocycles. The van der Waals surface area contributed by atoms with Crippen LogP contribution in [0.15, 0.2) is 30.7 Å². The minimum absolute atomic E-state index is 0.0504. The molecule has 3 aromatic rings. The van der Waals surface area contributed by atoms with Gasteiger partial charge in [0.1, 0.15) is 17.3 Å². The Hall–Kier alpha value is -2.61. The molecule has 0 fully saturated rings. The van der Waals surface area contributed by atoms with Crippen molar-refractivity contribution in [3.8, 4) is 11.2 Å². The highest BCUT2D eigenvalue weighted by Crippen LogP contribution is 2.34. The Kier molecular flexibility index (Phi) is 5.60. The van der Waals surface area contributed by atoms with E-state index < -0.39 is 22.9 Å². The third-order valence-corrected chi connectivity index (χ3v) is 4.90. The highest BCUT2D eigenvalue weighted by atomic mass is 35.5. The van der Waals surface area contributed by atoms with Crippen molar-refractivity contribution in [2.45, 2.75) is 18.3 Å². The number of nitriles is 1. The zero-order chi connectivity index (χ0) is 20.5. The van der Waals surface area contributed by atoms with Crippen molar-refractivity contribution in [2.24, 2.45) is 0 Å². The average molecular weight is 443 g/mol. The van der Waals surface area contributed by atoms with Crippen LogP contribution in [0.3, 0.4) is 0 Å². The number of nitrogens with zero attached hydrogens (tertiary/aromatic N) is 5. The second-order valence-electron chi connectivity index (χ2n) is 5.57. The van der Waals surface area contributed by atoms with E-state index in [1.165, 1.54) is 23.3 Å². The summed E-state index contributed by atoms with van der Waals surface area (Å²) in [4.78, 5) is 21.1. The van der Waals surface area contributed by atoms with Crippen LogP contribution >= 0.6 is 34.5 Å². The highest BCUT2D eigenvalue weighted by Gasteiger charge is 2.29. The van der Waals surface area contributed by atoms with Gasteiger partial charge in [0.05, 0.1) is 12.2 Å². The molecule has 28 heavy (non-hydrogen) atoms. The van der Waals surface area contributed by atoms with Gasteiger partial charge in [-0.1, -0.05) is 22.9 Å². The Bertz CT molecular complexity index is 1070. The van der Waals surface area contributed by atoms with Crippen molar-refractivity contribution in [1.82, 2.24) is 25.1 Å². The number of carbonyl (C=O) groups is 1. The largest absolute Gasteiger partial charge is 0.348 e. The van der Waals surface area contributed by atoms with Crippen molar-refractivity contribution in [2.75, 3.05) is 0 Å². The molecule has 12 heteroatoms. The molecule has 0 radical (unpaired) electrons. The van der Waals surface area contributed by atoms with Crippen LogP contribution in [0.25, 0.3) is 5.13 Å². The summed E-state index contributed by atoms with van der Waals surface area (Å²) >= 11 is 12.0. The summed E-state index contributed by atoms with van der Waals surface area (Å²) in [6.45, 7) is 1.64. The predicted molar refractivity (Wildman–Crippen MR) is 98.8 cm³/mol. The second kappa shape index (κ2) is 7.79. The first-order valence-electron chi connectivity index (χ1n) is 7.64. The first kappa shape index (κ1) is 20.1. The summed E-state index contributed by atoms with van der Waals surface area (Å²) < 4.78 is 28.1. The molecule has 0 bridgehead atoms. The lowest BCUT2D eigenvalue weighted by Crippen LogP contribution is -2.29. The normalized spacial score (nSPS) is 12.4. The number of thiazole rings is 1. The van der Waals surface area contributed by atoms with Gasteiger partial charge in [0.15, 0.2) is 5.82 Å². The van der Waals surface area contributed by atoms with Crippen LogP contribution in [-0.4, -0.2) is 25.7 Å². The first-order chi connectivity index (χ1) is 13.2. The van der Waals surface area contributed by atoms with E-state index in [1.807, 2.05) is 6.07 Å². The smallest absolute Gasteiger partial charge is 0.342 e. The molecule has 7 nitrogen and oxygen atoms in total. The molecule has 144 valence electrons. The molecule has 2 aromatic heterocycles. The van der Waals surface area contributed by atoms with E-state index in [0.717, 1.165) is 23.5 Å². The number of nitrogens with one attached hydrogen (secondary N) is 1. The molecular formula is C16H10Cl2F2N6OS. The lowest BCUT2D eigenvalue weighted by molar-refractivity contribution is 0.0926. The van der Waals surface area contributed by atoms with Crippen LogP contribution in [0.2, 0.25) is 5.02 Å². The van der Waals surface area contributed by atoms with Gasteiger partial charge in [0, 0.05) is 16.1 Å². The van der Waals surface area contributed by atoms with Gasteiger partial charge in [-0.15, -0.1) is 0 Å². The molecule has 0 aliphatic rings. The van der Waals surface area contributed by atoms with E-state index in [-0.39, 0.29) is 10.6 Å². The lowest BCUT2D eigenvalue weighted by Gasteiger charge is -2.15. The summed E-state index contributed by atoms with van der Waals surface area (Å²) in [5.41, 5.74) is -0.670. The number of benzene rings is 1. The van der Waals surface area contributed by atoms with Crippen molar-refractivity contribution in [3.05, 3.63) is 57.6 Å². The van der Waals surface area contributed by atoms with Crippen LogP contribution in [0.4, 0.5) is 8.78 Å². The molecule has 0 aliphatic carbocycles. The minimum atomic E-state index is -3.66. The zero-order valence-corrected chi connectivity index (χ0v) is 16.4. The second-order valence-corrected chi connectivity index (χ2v) is 7.49. The monoisotopic (exact) mass is 442 g/mol. The van der Waals surface area contributed by atoms with Crippen LogP contribution in [0.1, 0.15) is 39.6 Å². The maximum Gasteiger partial charge on any atom is 0.348 e. The van der Waals surface area contributed by atoms with E-state index in [9.17, 15) is 13.6 Å². The van der Waals surface area contributed by atoms with E-state index in [2.05, 4.69) is 20.4 Å². The van der Waals surface area contributed by atoms with Crippen molar-refractivity contribution in [3.63, 3.8) is 0 Å². The molecule has 1 atom stereocenters. The molecule has 1 amide bonds. The maximum absolute atomic E-state index is 13.4. The third kappa shape index (κ3) is 4.27. The summed E-state index contributed by atoms with van der Waals surface area (Å²) in [5.74, 6) is -0.305. The number of aromatic nitrogens is 4.